The summed E-state index contributed by atoms with van der Waals surface area (Å²) in [4.78, 5) is 0. The van der Waals surface area contributed by atoms with E-state index in [2.05, 4.69) is 26.5 Å². The monoisotopic (exact) mass is 231 g/mol. The molecule has 6 heteroatoms. The van der Waals surface area contributed by atoms with E-state index in [0.717, 1.165) is 27.0 Å². The number of H-pyrrole nitrogens is 1. The van der Waals surface area contributed by atoms with E-state index in [9.17, 15) is 0 Å². The first kappa shape index (κ1) is 9.29. The number of nitrogens with one attached hydrogen (secondary N) is 1. The van der Waals surface area contributed by atoms with Crippen molar-refractivity contribution in [2.45, 2.75) is 6.92 Å². The van der Waals surface area contributed by atoms with Gasteiger partial charge in [0.1, 0.15) is 5.01 Å². The molecule has 0 unspecified atom stereocenters. The van der Waals surface area contributed by atoms with Crippen LogP contribution >= 0.6 is 11.3 Å². The number of nitrogen functional groups attached to an aromatic ring is 1. The van der Waals surface area contributed by atoms with Crippen LogP contribution < -0.4 is 5.73 Å². The van der Waals surface area contributed by atoms with Crippen molar-refractivity contribution in [3.05, 3.63) is 23.9 Å². The Morgan fingerprint density at radius 2 is 2.19 bits per heavy atom. The van der Waals surface area contributed by atoms with Gasteiger partial charge >= 0.3 is 0 Å². The Hall–Kier alpha value is -1.95. The average molecular weight is 231 g/mol. The van der Waals surface area contributed by atoms with Gasteiger partial charge in [-0.3, -0.25) is 5.10 Å². The molecule has 0 saturated carbocycles. The van der Waals surface area contributed by atoms with E-state index in [1.54, 1.807) is 6.20 Å². The van der Waals surface area contributed by atoms with E-state index in [0.29, 0.717) is 5.13 Å². The molecule has 5 nitrogen and oxygen atoms in total. The van der Waals surface area contributed by atoms with Crippen LogP contribution in [0.2, 0.25) is 0 Å². The van der Waals surface area contributed by atoms with Gasteiger partial charge in [0.05, 0.1) is 11.7 Å². The van der Waals surface area contributed by atoms with Gasteiger partial charge in [-0.25, -0.2) is 0 Å². The zero-order valence-corrected chi connectivity index (χ0v) is 9.38. The van der Waals surface area contributed by atoms with Gasteiger partial charge in [-0.1, -0.05) is 11.3 Å². The fraction of sp³-hybridized carbons (Fsp3) is 0.100. The summed E-state index contributed by atoms with van der Waals surface area (Å²) in [6, 6.07) is 4.09. The van der Waals surface area contributed by atoms with Crippen molar-refractivity contribution >= 4 is 27.4 Å². The lowest BCUT2D eigenvalue weighted by atomic mass is 10.1. The van der Waals surface area contributed by atoms with Gasteiger partial charge in [0.25, 0.3) is 0 Å². The van der Waals surface area contributed by atoms with Crippen molar-refractivity contribution in [3.8, 4) is 10.6 Å². The van der Waals surface area contributed by atoms with Crippen molar-refractivity contribution in [1.29, 1.82) is 0 Å². The molecular weight excluding hydrogens is 222 g/mol. The lowest BCUT2D eigenvalue weighted by Gasteiger charge is -1.99. The molecule has 16 heavy (non-hydrogen) atoms. The summed E-state index contributed by atoms with van der Waals surface area (Å²) in [7, 11) is 0. The number of hydrogen-bond donors (Lipinski definition) is 2. The Kier molecular flexibility index (Phi) is 1.90. The van der Waals surface area contributed by atoms with Crippen molar-refractivity contribution in [1.82, 2.24) is 20.4 Å². The molecule has 0 saturated heterocycles. The highest BCUT2D eigenvalue weighted by Gasteiger charge is 2.08. The molecule has 0 radical (unpaired) electrons. The number of nitrogens with two attached hydrogens (primary N) is 1. The average Bonchev–Trinajstić information content (AvgIpc) is 2.85. The second-order valence-electron chi connectivity index (χ2n) is 3.57. The van der Waals surface area contributed by atoms with Crippen LogP contribution in [0.4, 0.5) is 5.13 Å². The van der Waals surface area contributed by atoms with E-state index >= 15 is 0 Å². The molecular formula is C10H9N5S. The number of fused-ring (bicyclic) bond motifs is 1. The third-order valence-corrected chi connectivity index (χ3v) is 3.24. The van der Waals surface area contributed by atoms with Gasteiger partial charge in [-0.2, -0.15) is 5.10 Å². The van der Waals surface area contributed by atoms with Crippen LogP contribution in [-0.2, 0) is 0 Å². The number of rotatable bonds is 1. The van der Waals surface area contributed by atoms with E-state index in [-0.39, 0.29) is 0 Å². The van der Waals surface area contributed by atoms with Crippen molar-refractivity contribution in [2.24, 2.45) is 0 Å². The van der Waals surface area contributed by atoms with Crippen molar-refractivity contribution in [3.63, 3.8) is 0 Å². The van der Waals surface area contributed by atoms with Gasteiger partial charge in [-0.05, 0) is 24.6 Å². The van der Waals surface area contributed by atoms with E-state index in [1.165, 1.54) is 11.3 Å². The molecule has 3 rings (SSSR count). The summed E-state index contributed by atoms with van der Waals surface area (Å²) in [5.41, 5.74) is 8.80. The minimum Gasteiger partial charge on any atom is -0.374 e. The maximum Gasteiger partial charge on any atom is 0.203 e. The zero-order chi connectivity index (χ0) is 11.1. The Bertz CT molecular complexity index is 654. The van der Waals surface area contributed by atoms with Crippen LogP contribution in [0, 0.1) is 6.92 Å². The molecule has 0 aliphatic carbocycles. The maximum atomic E-state index is 5.57. The van der Waals surface area contributed by atoms with Gasteiger partial charge < -0.3 is 5.73 Å². The molecule has 0 amide bonds. The maximum absolute atomic E-state index is 5.57. The molecule has 0 aliphatic heterocycles. The molecule has 1 aromatic carbocycles. The first-order valence-electron chi connectivity index (χ1n) is 4.77. The lowest BCUT2D eigenvalue weighted by Crippen LogP contribution is -1.82. The summed E-state index contributed by atoms with van der Waals surface area (Å²) in [5.74, 6) is 0. The van der Waals surface area contributed by atoms with Gasteiger partial charge in [0.2, 0.25) is 5.13 Å². The van der Waals surface area contributed by atoms with Crippen LogP contribution in [0.1, 0.15) is 5.56 Å². The first-order chi connectivity index (χ1) is 7.74. The molecule has 0 aliphatic rings. The second-order valence-corrected chi connectivity index (χ2v) is 4.58. The quantitative estimate of drug-likeness (QED) is 0.671. The summed E-state index contributed by atoms with van der Waals surface area (Å²) < 4.78 is 0. The molecule has 2 aromatic heterocycles. The number of aryl methyl sites for hydroxylation is 1. The van der Waals surface area contributed by atoms with Crippen molar-refractivity contribution in [2.75, 3.05) is 5.73 Å². The van der Waals surface area contributed by atoms with E-state index in [1.807, 2.05) is 13.0 Å². The van der Waals surface area contributed by atoms with E-state index < -0.39 is 0 Å². The Morgan fingerprint density at radius 1 is 1.31 bits per heavy atom. The summed E-state index contributed by atoms with van der Waals surface area (Å²) in [6.07, 6.45) is 1.80. The fourth-order valence-corrected chi connectivity index (χ4v) is 2.31. The highest BCUT2D eigenvalue weighted by atomic mass is 32.1. The molecule has 2 heterocycles. The van der Waals surface area contributed by atoms with Gasteiger partial charge in [-0.15, -0.1) is 10.2 Å². The molecule has 3 N–H and O–H groups in total. The summed E-state index contributed by atoms with van der Waals surface area (Å²) in [5, 5.41) is 17.2. The minimum atomic E-state index is 0.486. The van der Waals surface area contributed by atoms with Crippen LogP contribution in [0.3, 0.4) is 0 Å². The summed E-state index contributed by atoms with van der Waals surface area (Å²) >= 11 is 1.39. The SMILES string of the molecule is Cc1cc(-c2nnc(N)s2)cc2cn[nH]c12. The molecule has 0 fully saturated rings. The number of aromatic amines is 1. The highest BCUT2D eigenvalue weighted by Crippen LogP contribution is 2.28. The van der Waals surface area contributed by atoms with Crippen LogP contribution in [0.15, 0.2) is 18.3 Å². The van der Waals surface area contributed by atoms with E-state index in [4.69, 9.17) is 5.73 Å². The lowest BCUT2D eigenvalue weighted by molar-refractivity contribution is 1.10. The Labute approximate surface area is 95.3 Å². The highest BCUT2D eigenvalue weighted by molar-refractivity contribution is 7.18. The number of aromatic nitrogens is 4. The third-order valence-electron chi connectivity index (χ3n) is 2.43. The van der Waals surface area contributed by atoms with Crippen molar-refractivity contribution < 1.29 is 0 Å². The van der Waals surface area contributed by atoms with Crippen LogP contribution in [-0.4, -0.2) is 20.4 Å². The van der Waals surface area contributed by atoms with Gasteiger partial charge in [0, 0.05) is 10.9 Å². The minimum absolute atomic E-state index is 0.486. The molecule has 80 valence electrons. The molecule has 0 spiro atoms. The standard InChI is InChI=1S/C10H9N5S/c1-5-2-6(9-14-15-10(11)16-9)3-7-4-12-13-8(5)7/h2-4H,1H3,(H2,11,15)(H,12,13). The molecule has 0 atom stereocenters. The Balaban J connectivity index is 2.24. The van der Waals surface area contributed by atoms with Crippen LogP contribution in [0.25, 0.3) is 21.5 Å². The summed E-state index contributed by atoms with van der Waals surface area (Å²) in [6.45, 7) is 2.04. The number of anilines is 1. The topological polar surface area (TPSA) is 80.5 Å². The fourth-order valence-electron chi connectivity index (χ4n) is 1.71. The first-order valence-corrected chi connectivity index (χ1v) is 5.59. The van der Waals surface area contributed by atoms with Crippen LogP contribution in [0.5, 0.6) is 0 Å². The predicted octanol–water partition coefficient (Wildman–Crippen LogP) is 1.97. The second kappa shape index (κ2) is 3.28. The molecule has 0 bridgehead atoms. The normalized spacial score (nSPS) is 11.1. The third kappa shape index (κ3) is 1.35. The largest absolute Gasteiger partial charge is 0.374 e. The smallest absolute Gasteiger partial charge is 0.203 e. The number of hydrogen-bond acceptors (Lipinski definition) is 5. The predicted molar refractivity (Wildman–Crippen MR) is 64.1 cm³/mol. The number of benzene rings is 1. The number of nitrogens with zero attached hydrogens (tertiary/aromatic N) is 3. The molecule has 3 aromatic rings. The Morgan fingerprint density at radius 3 is 2.94 bits per heavy atom. The zero-order valence-electron chi connectivity index (χ0n) is 8.56. The van der Waals surface area contributed by atoms with Gasteiger partial charge in [0.15, 0.2) is 0 Å².